The van der Waals surface area contributed by atoms with Crippen LogP contribution in [0.4, 0.5) is 4.79 Å². The molecule has 2 aliphatic heterocycles. The van der Waals surface area contributed by atoms with Gasteiger partial charge in [0.25, 0.3) is 5.56 Å². The summed E-state index contributed by atoms with van der Waals surface area (Å²) < 4.78 is 45.5. The van der Waals surface area contributed by atoms with Crippen LogP contribution in [-0.2, 0) is 35.6 Å². The number of sulfonamides is 1. The topological polar surface area (TPSA) is 144 Å². The molecule has 3 aromatic rings. The molecule has 1 amide bonds. The maximum atomic E-state index is 13.8. The molecule has 1 aromatic heterocycles. The number of benzene rings is 2. The Morgan fingerprint density at radius 2 is 1.91 bits per heavy atom. The number of rotatable bonds is 8. The average molecular weight is 630 g/mol. The number of alkyl carbamates (subject to hydrolysis) is 1. The van der Waals surface area contributed by atoms with E-state index in [2.05, 4.69) is 10.3 Å². The minimum atomic E-state index is -3.94. The van der Waals surface area contributed by atoms with E-state index < -0.39 is 27.7 Å². The number of nitrogens with zero attached hydrogens (tertiary/aromatic N) is 1. The lowest BCUT2D eigenvalue weighted by atomic mass is 9.91. The normalized spacial score (nSPS) is 23.2. The number of alkyl halides is 1. The number of fused-ring (bicyclic) bond motifs is 1. The highest BCUT2D eigenvalue weighted by Crippen LogP contribution is 2.52. The molecule has 2 aromatic carbocycles. The van der Waals surface area contributed by atoms with E-state index in [1.807, 2.05) is 24.3 Å². The van der Waals surface area contributed by atoms with Gasteiger partial charge < -0.3 is 24.5 Å². The SMILES string of the molecule is O=C(NC1CCN(S(=O)(=O)c2cccc3c(=O)[nH]ccc23)C12CC2)OCc1cccc(C2CC(C(=O)OCCl)CCO2)c1. The molecule has 1 spiro atoms. The molecule has 1 saturated carbocycles. The molecule has 3 atom stereocenters. The first-order valence-electron chi connectivity index (χ1n) is 14.2. The van der Waals surface area contributed by atoms with E-state index in [1.165, 1.54) is 16.6 Å². The Kier molecular flexibility index (Phi) is 8.20. The van der Waals surface area contributed by atoms with E-state index in [-0.39, 0.29) is 47.7 Å². The Bertz CT molecular complexity index is 1710. The lowest BCUT2D eigenvalue weighted by Crippen LogP contribution is -2.48. The van der Waals surface area contributed by atoms with E-state index in [9.17, 15) is 22.8 Å². The van der Waals surface area contributed by atoms with Gasteiger partial charge in [0.05, 0.1) is 28.5 Å². The highest BCUT2D eigenvalue weighted by Gasteiger charge is 2.62. The maximum absolute atomic E-state index is 13.8. The maximum Gasteiger partial charge on any atom is 0.407 e. The van der Waals surface area contributed by atoms with Crippen molar-refractivity contribution < 1.29 is 32.2 Å². The van der Waals surface area contributed by atoms with Crippen molar-refractivity contribution in [3.05, 3.63) is 76.2 Å². The lowest BCUT2D eigenvalue weighted by molar-refractivity contribution is -0.151. The molecular formula is C30H32ClN3O8S. The number of carbonyl (C=O) groups is 2. The molecule has 1 aliphatic carbocycles. The molecule has 2 N–H and O–H groups in total. The number of ether oxygens (including phenoxy) is 3. The van der Waals surface area contributed by atoms with Crippen molar-refractivity contribution in [2.75, 3.05) is 19.2 Å². The molecule has 2 saturated heterocycles. The standard InChI is InChI=1S/C30H32ClN3O8S/c31-18-42-28(36)21-9-14-40-24(16-21)20-4-1-3-19(15-20)17-41-29(37)33-26-8-13-34(30(26)10-11-30)43(38,39)25-6-2-5-23-22(25)7-12-32-27(23)35/h1-7,12,15,21,24,26H,8-11,13-14,16-18H2,(H,32,35)(H,33,37). The fraction of sp³-hybridized carbons (Fsp3) is 0.433. The molecule has 43 heavy (non-hydrogen) atoms. The first-order chi connectivity index (χ1) is 20.7. The monoisotopic (exact) mass is 629 g/mol. The number of nitrogens with one attached hydrogen (secondary N) is 2. The number of amides is 1. The zero-order valence-electron chi connectivity index (χ0n) is 23.3. The van der Waals surface area contributed by atoms with E-state index >= 15 is 0 Å². The van der Waals surface area contributed by atoms with Crippen LogP contribution in [0.15, 0.2) is 64.4 Å². The Balaban J connectivity index is 1.09. The second-order valence-electron chi connectivity index (χ2n) is 11.2. The average Bonchev–Trinajstić information content (AvgIpc) is 3.73. The fourth-order valence-corrected chi connectivity index (χ4v) is 8.56. The van der Waals surface area contributed by atoms with Gasteiger partial charge >= 0.3 is 12.1 Å². The molecule has 11 nitrogen and oxygen atoms in total. The largest absolute Gasteiger partial charge is 0.449 e. The first kappa shape index (κ1) is 29.6. The quantitative estimate of drug-likeness (QED) is 0.282. The van der Waals surface area contributed by atoms with Crippen LogP contribution in [0.2, 0.25) is 0 Å². The van der Waals surface area contributed by atoms with Crippen LogP contribution in [0.5, 0.6) is 0 Å². The Hall–Kier alpha value is -3.45. The number of aromatic nitrogens is 1. The number of carbonyl (C=O) groups excluding carboxylic acids is 2. The van der Waals surface area contributed by atoms with Gasteiger partial charge in [-0.25, -0.2) is 13.2 Å². The first-order valence-corrected chi connectivity index (χ1v) is 16.2. The molecule has 13 heteroatoms. The molecule has 0 bridgehead atoms. The number of aromatic amines is 1. The molecular weight excluding hydrogens is 598 g/mol. The fourth-order valence-electron chi connectivity index (χ4n) is 6.37. The minimum Gasteiger partial charge on any atom is -0.449 e. The van der Waals surface area contributed by atoms with Gasteiger partial charge in [-0.15, -0.1) is 0 Å². The third-order valence-electron chi connectivity index (χ3n) is 8.67. The smallest absolute Gasteiger partial charge is 0.407 e. The van der Waals surface area contributed by atoms with Crippen LogP contribution >= 0.6 is 11.6 Å². The van der Waals surface area contributed by atoms with E-state index in [0.29, 0.717) is 49.5 Å². The van der Waals surface area contributed by atoms with E-state index in [0.717, 1.165) is 11.1 Å². The van der Waals surface area contributed by atoms with Crippen LogP contribution in [0.3, 0.4) is 0 Å². The summed E-state index contributed by atoms with van der Waals surface area (Å²) in [5.74, 6) is -0.630. The summed E-state index contributed by atoms with van der Waals surface area (Å²) in [5, 5.41) is 3.57. The summed E-state index contributed by atoms with van der Waals surface area (Å²) in [6.07, 6.45) is 3.23. The second-order valence-corrected chi connectivity index (χ2v) is 13.2. The Morgan fingerprint density at radius 1 is 1.09 bits per heavy atom. The highest BCUT2D eigenvalue weighted by atomic mass is 35.5. The van der Waals surface area contributed by atoms with Gasteiger partial charge in [0.2, 0.25) is 10.0 Å². The summed E-state index contributed by atoms with van der Waals surface area (Å²) in [7, 11) is -3.94. The summed E-state index contributed by atoms with van der Waals surface area (Å²) in [6, 6.07) is 13.1. The predicted molar refractivity (Wildman–Crippen MR) is 157 cm³/mol. The van der Waals surface area contributed by atoms with Crippen molar-refractivity contribution in [3.63, 3.8) is 0 Å². The van der Waals surface area contributed by atoms with Crippen LogP contribution < -0.4 is 10.9 Å². The molecule has 3 fully saturated rings. The van der Waals surface area contributed by atoms with Crippen LogP contribution in [0.25, 0.3) is 10.8 Å². The summed E-state index contributed by atoms with van der Waals surface area (Å²) in [4.78, 5) is 39.9. The number of hydrogen-bond donors (Lipinski definition) is 2. The van der Waals surface area contributed by atoms with Crippen molar-refractivity contribution >= 4 is 44.5 Å². The van der Waals surface area contributed by atoms with Crippen molar-refractivity contribution in [3.8, 4) is 0 Å². The van der Waals surface area contributed by atoms with Crippen LogP contribution in [0, 0.1) is 5.92 Å². The van der Waals surface area contributed by atoms with Gasteiger partial charge in [0, 0.05) is 30.1 Å². The number of halogens is 1. The van der Waals surface area contributed by atoms with Gasteiger partial charge in [0.1, 0.15) is 6.61 Å². The van der Waals surface area contributed by atoms with Gasteiger partial charge in [-0.05, 0) is 67.5 Å². The van der Waals surface area contributed by atoms with Crippen molar-refractivity contribution in [1.82, 2.24) is 14.6 Å². The molecule has 3 heterocycles. The van der Waals surface area contributed by atoms with Crippen molar-refractivity contribution in [2.24, 2.45) is 5.92 Å². The zero-order chi connectivity index (χ0) is 30.2. The van der Waals surface area contributed by atoms with E-state index in [1.54, 1.807) is 18.2 Å². The molecule has 228 valence electrons. The summed E-state index contributed by atoms with van der Waals surface area (Å²) >= 11 is 5.54. The molecule has 3 unspecified atom stereocenters. The molecule has 3 aliphatic rings. The van der Waals surface area contributed by atoms with Crippen molar-refractivity contribution in [2.45, 2.75) is 61.3 Å². The zero-order valence-corrected chi connectivity index (χ0v) is 24.9. The van der Waals surface area contributed by atoms with Crippen molar-refractivity contribution in [1.29, 1.82) is 0 Å². The van der Waals surface area contributed by atoms with Gasteiger partial charge in [-0.2, -0.15) is 4.31 Å². The number of hydrogen-bond acceptors (Lipinski definition) is 8. The Labute approximate surface area is 253 Å². The van der Waals surface area contributed by atoms with Gasteiger partial charge in [0.15, 0.2) is 6.07 Å². The predicted octanol–water partition coefficient (Wildman–Crippen LogP) is 3.96. The van der Waals surface area contributed by atoms with Crippen LogP contribution in [0.1, 0.15) is 49.3 Å². The Morgan fingerprint density at radius 3 is 2.70 bits per heavy atom. The molecule has 0 radical (unpaired) electrons. The number of esters is 1. The van der Waals surface area contributed by atoms with Gasteiger partial charge in [-0.1, -0.05) is 35.9 Å². The van der Waals surface area contributed by atoms with Gasteiger partial charge in [-0.3, -0.25) is 9.59 Å². The summed E-state index contributed by atoms with van der Waals surface area (Å²) in [5.41, 5.74) is 0.548. The summed E-state index contributed by atoms with van der Waals surface area (Å²) in [6.45, 7) is 0.677. The highest BCUT2D eigenvalue weighted by molar-refractivity contribution is 7.89. The third kappa shape index (κ3) is 5.76. The van der Waals surface area contributed by atoms with E-state index in [4.69, 9.17) is 25.8 Å². The second kappa shape index (κ2) is 11.9. The minimum absolute atomic E-state index is 0.0103. The third-order valence-corrected chi connectivity index (χ3v) is 10.8. The molecule has 6 rings (SSSR count). The lowest BCUT2D eigenvalue weighted by Gasteiger charge is -2.29. The number of H-pyrrole nitrogens is 1. The van der Waals surface area contributed by atoms with Crippen LogP contribution in [-0.4, -0.2) is 60.6 Å². The number of pyridine rings is 1.